The van der Waals surface area contributed by atoms with E-state index in [9.17, 15) is 4.39 Å². The van der Waals surface area contributed by atoms with Gasteiger partial charge in [-0.25, -0.2) is 4.39 Å². The van der Waals surface area contributed by atoms with Gasteiger partial charge in [0.15, 0.2) is 0 Å². The summed E-state index contributed by atoms with van der Waals surface area (Å²) in [5, 5.41) is 0. The van der Waals surface area contributed by atoms with Gasteiger partial charge >= 0.3 is 0 Å². The molecule has 20 heavy (non-hydrogen) atoms. The molecule has 2 N–H and O–H groups in total. The van der Waals surface area contributed by atoms with Crippen LogP contribution in [-0.4, -0.2) is 7.11 Å². The maximum atomic E-state index is 13.4. The first kappa shape index (κ1) is 14.5. The van der Waals surface area contributed by atoms with Crippen LogP contribution in [0.15, 0.2) is 42.5 Å². The van der Waals surface area contributed by atoms with E-state index in [0.29, 0.717) is 18.7 Å². The molecule has 0 radical (unpaired) electrons. The number of halogens is 1. The molecule has 2 aromatic carbocycles. The molecule has 0 aliphatic carbocycles. The van der Waals surface area contributed by atoms with Crippen molar-refractivity contribution < 1.29 is 13.9 Å². The van der Waals surface area contributed by atoms with Crippen LogP contribution in [0.2, 0.25) is 0 Å². The van der Waals surface area contributed by atoms with Crippen molar-refractivity contribution >= 4 is 0 Å². The molecule has 3 nitrogen and oxygen atoms in total. The Morgan fingerprint density at radius 3 is 2.55 bits per heavy atom. The Bertz CT molecular complexity index is 572. The first-order valence-corrected chi connectivity index (χ1v) is 6.41. The molecule has 0 fully saturated rings. The minimum Gasteiger partial charge on any atom is -0.496 e. The summed E-state index contributed by atoms with van der Waals surface area (Å²) >= 11 is 0. The maximum Gasteiger partial charge on any atom is 0.128 e. The van der Waals surface area contributed by atoms with Crippen LogP contribution in [-0.2, 0) is 24.5 Å². The van der Waals surface area contributed by atoms with Crippen LogP contribution in [0.3, 0.4) is 0 Å². The topological polar surface area (TPSA) is 44.5 Å². The molecule has 0 heterocycles. The third kappa shape index (κ3) is 3.56. The normalized spacial score (nSPS) is 10.6. The average Bonchev–Trinajstić information content (AvgIpc) is 2.49. The Labute approximate surface area is 118 Å². The van der Waals surface area contributed by atoms with Gasteiger partial charge in [-0.15, -0.1) is 0 Å². The first-order chi connectivity index (χ1) is 9.74. The fourth-order valence-corrected chi connectivity index (χ4v) is 1.98. The lowest BCUT2D eigenvalue weighted by molar-refractivity contribution is 0.105. The predicted octanol–water partition coefficient (Wildman–Crippen LogP) is 3.01. The van der Waals surface area contributed by atoms with Crippen molar-refractivity contribution in [3.63, 3.8) is 0 Å². The van der Waals surface area contributed by atoms with E-state index < -0.39 is 0 Å². The van der Waals surface area contributed by atoms with Gasteiger partial charge in [-0.3, -0.25) is 0 Å². The highest BCUT2D eigenvalue weighted by molar-refractivity contribution is 5.37. The van der Waals surface area contributed by atoms with Crippen LogP contribution in [0.5, 0.6) is 5.75 Å². The summed E-state index contributed by atoms with van der Waals surface area (Å²) in [6.45, 7) is 1.06. The zero-order valence-electron chi connectivity index (χ0n) is 11.4. The molecule has 4 heteroatoms. The fourth-order valence-electron chi connectivity index (χ4n) is 1.98. The highest BCUT2D eigenvalue weighted by Gasteiger charge is 2.04. The van der Waals surface area contributed by atoms with E-state index >= 15 is 0 Å². The third-order valence-electron chi connectivity index (χ3n) is 3.05. The molecule has 0 spiro atoms. The lowest BCUT2D eigenvalue weighted by Gasteiger charge is -2.10. The van der Waals surface area contributed by atoms with Crippen molar-refractivity contribution in [2.45, 2.75) is 19.8 Å². The molecule has 2 rings (SSSR count). The lowest BCUT2D eigenvalue weighted by Crippen LogP contribution is -2.02. The molecule has 0 unspecified atom stereocenters. The average molecular weight is 275 g/mol. The molecule has 0 aliphatic rings. The second kappa shape index (κ2) is 7.03. The predicted molar refractivity (Wildman–Crippen MR) is 75.8 cm³/mol. The summed E-state index contributed by atoms with van der Waals surface area (Å²) < 4.78 is 24.2. The number of ether oxygens (including phenoxy) is 2. The van der Waals surface area contributed by atoms with Crippen LogP contribution in [0.4, 0.5) is 4.39 Å². The van der Waals surface area contributed by atoms with Crippen molar-refractivity contribution in [3.8, 4) is 5.75 Å². The summed E-state index contributed by atoms with van der Waals surface area (Å²) in [7, 11) is 1.61. The Balaban J connectivity index is 1.96. The van der Waals surface area contributed by atoms with E-state index in [4.69, 9.17) is 15.2 Å². The molecule has 0 atom stereocenters. The van der Waals surface area contributed by atoms with Crippen molar-refractivity contribution in [1.29, 1.82) is 0 Å². The minimum atomic E-state index is -0.245. The van der Waals surface area contributed by atoms with E-state index in [0.717, 1.165) is 16.9 Å². The fraction of sp³-hybridized carbons (Fsp3) is 0.250. The standard InChI is InChI=1S/C16H18FNO2/c1-19-16-7-6-12(8-14(16)9-18)10-20-11-13-4-2-3-5-15(13)17/h2-8H,9-11,18H2,1H3. The molecular formula is C16H18FNO2. The van der Waals surface area contributed by atoms with E-state index in [1.807, 2.05) is 18.2 Å². The van der Waals surface area contributed by atoms with Crippen molar-refractivity contribution in [1.82, 2.24) is 0 Å². The Kier molecular flexibility index (Phi) is 5.09. The molecule has 0 aromatic heterocycles. The van der Waals surface area contributed by atoms with E-state index in [2.05, 4.69) is 0 Å². The van der Waals surface area contributed by atoms with E-state index in [1.165, 1.54) is 6.07 Å². The molecular weight excluding hydrogens is 257 g/mol. The summed E-state index contributed by atoms with van der Waals surface area (Å²) in [4.78, 5) is 0. The summed E-state index contributed by atoms with van der Waals surface area (Å²) in [5.41, 5.74) is 8.14. The smallest absolute Gasteiger partial charge is 0.128 e. The summed E-state index contributed by atoms with van der Waals surface area (Å²) in [5.74, 6) is 0.523. The summed E-state index contributed by atoms with van der Waals surface area (Å²) in [6, 6.07) is 12.3. The van der Waals surface area contributed by atoms with Gasteiger partial charge in [0.25, 0.3) is 0 Å². The second-order valence-corrected chi connectivity index (χ2v) is 4.43. The minimum absolute atomic E-state index is 0.245. The summed E-state index contributed by atoms with van der Waals surface area (Å²) in [6.07, 6.45) is 0. The molecule has 2 aromatic rings. The van der Waals surface area contributed by atoms with Gasteiger partial charge in [0.05, 0.1) is 20.3 Å². The Morgan fingerprint density at radius 2 is 1.85 bits per heavy atom. The monoisotopic (exact) mass is 275 g/mol. The Morgan fingerprint density at radius 1 is 1.05 bits per heavy atom. The lowest BCUT2D eigenvalue weighted by atomic mass is 10.1. The van der Waals surface area contributed by atoms with Crippen molar-refractivity contribution in [3.05, 3.63) is 65.0 Å². The number of methoxy groups -OCH3 is 1. The van der Waals surface area contributed by atoms with Crippen molar-refractivity contribution in [2.24, 2.45) is 5.73 Å². The highest BCUT2D eigenvalue weighted by Crippen LogP contribution is 2.20. The number of hydrogen-bond acceptors (Lipinski definition) is 3. The number of nitrogens with two attached hydrogens (primary N) is 1. The zero-order valence-corrected chi connectivity index (χ0v) is 11.4. The molecule has 0 bridgehead atoms. The highest BCUT2D eigenvalue weighted by atomic mass is 19.1. The molecule has 106 valence electrons. The van der Waals surface area contributed by atoms with Gasteiger partial charge in [0, 0.05) is 17.7 Å². The van der Waals surface area contributed by atoms with E-state index in [-0.39, 0.29) is 12.4 Å². The van der Waals surface area contributed by atoms with Gasteiger partial charge < -0.3 is 15.2 Å². The van der Waals surface area contributed by atoms with Crippen LogP contribution >= 0.6 is 0 Å². The molecule has 0 aliphatic heterocycles. The third-order valence-corrected chi connectivity index (χ3v) is 3.05. The van der Waals surface area contributed by atoms with Gasteiger partial charge in [0.1, 0.15) is 11.6 Å². The number of hydrogen-bond donors (Lipinski definition) is 1. The van der Waals surface area contributed by atoms with Crippen LogP contribution in [0.1, 0.15) is 16.7 Å². The second-order valence-electron chi connectivity index (χ2n) is 4.43. The number of benzene rings is 2. The largest absolute Gasteiger partial charge is 0.496 e. The van der Waals surface area contributed by atoms with E-state index in [1.54, 1.807) is 25.3 Å². The molecule has 0 amide bonds. The van der Waals surface area contributed by atoms with Crippen LogP contribution < -0.4 is 10.5 Å². The molecule has 0 saturated heterocycles. The SMILES string of the molecule is COc1ccc(COCc2ccccc2F)cc1CN. The zero-order chi connectivity index (χ0) is 14.4. The van der Waals surface area contributed by atoms with Crippen LogP contribution in [0, 0.1) is 5.82 Å². The van der Waals surface area contributed by atoms with Gasteiger partial charge in [-0.1, -0.05) is 24.3 Å². The van der Waals surface area contributed by atoms with Crippen LogP contribution in [0.25, 0.3) is 0 Å². The quantitative estimate of drug-likeness (QED) is 0.881. The van der Waals surface area contributed by atoms with Gasteiger partial charge in [-0.2, -0.15) is 0 Å². The van der Waals surface area contributed by atoms with Crippen molar-refractivity contribution in [2.75, 3.05) is 7.11 Å². The van der Waals surface area contributed by atoms with Gasteiger partial charge in [0.2, 0.25) is 0 Å². The maximum absolute atomic E-state index is 13.4. The Hall–Kier alpha value is -1.91. The first-order valence-electron chi connectivity index (χ1n) is 6.41. The van der Waals surface area contributed by atoms with Gasteiger partial charge in [-0.05, 0) is 23.8 Å². The molecule has 0 saturated carbocycles. The number of rotatable bonds is 6.